The van der Waals surface area contributed by atoms with Crippen molar-refractivity contribution in [2.45, 2.75) is 97.1 Å². The minimum absolute atomic E-state index is 0.0445. The number of rotatable bonds is 16. The third-order valence-electron chi connectivity index (χ3n) is 4.84. The van der Waals surface area contributed by atoms with Gasteiger partial charge in [0.25, 0.3) is 0 Å². The fourth-order valence-electron chi connectivity index (χ4n) is 3.17. The molecule has 29 heavy (non-hydrogen) atoms. The van der Waals surface area contributed by atoms with E-state index in [2.05, 4.69) is 12.2 Å². The van der Waals surface area contributed by atoms with Gasteiger partial charge in [-0.05, 0) is 18.9 Å². The van der Waals surface area contributed by atoms with Gasteiger partial charge in [0, 0.05) is 12.8 Å². The molecule has 0 heterocycles. The van der Waals surface area contributed by atoms with Gasteiger partial charge in [0.1, 0.15) is 18.4 Å². The van der Waals surface area contributed by atoms with Crippen LogP contribution in [0.4, 0.5) is 0 Å². The van der Waals surface area contributed by atoms with Crippen molar-refractivity contribution in [3.05, 3.63) is 35.9 Å². The van der Waals surface area contributed by atoms with Gasteiger partial charge >= 0.3 is 5.97 Å². The minimum Gasteiger partial charge on any atom is -0.459 e. The van der Waals surface area contributed by atoms with Gasteiger partial charge in [-0.25, -0.2) is 4.79 Å². The normalized spacial score (nSPS) is 11.7. The van der Waals surface area contributed by atoms with E-state index in [0.29, 0.717) is 6.42 Å². The second-order valence-corrected chi connectivity index (χ2v) is 7.70. The Bertz CT molecular complexity index is 600. The number of nitrogens with one attached hydrogen (secondary N) is 1. The van der Waals surface area contributed by atoms with Crippen LogP contribution >= 0.6 is 0 Å². The Kier molecular flexibility index (Phi) is 13.5. The molecular formula is C24H37NO4. The van der Waals surface area contributed by atoms with Crippen LogP contribution in [0.25, 0.3) is 0 Å². The van der Waals surface area contributed by atoms with Gasteiger partial charge in [-0.2, -0.15) is 0 Å². The molecule has 1 rings (SSSR count). The van der Waals surface area contributed by atoms with Gasteiger partial charge in [0.2, 0.25) is 5.91 Å². The number of benzene rings is 1. The zero-order chi connectivity index (χ0) is 21.3. The number of carbonyl (C=O) groups excluding carboxylic acids is 3. The Morgan fingerprint density at radius 3 is 2.07 bits per heavy atom. The van der Waals surface area contributed by atoms with Crippen molar-refractivity contribution < 1.29 is 19.1 Å². The van der Waals surface area contributed by atoms with E-state index in [0.717, 1.165) is 24.8 Å². The molecule has 162 valence electrons. The molecule has 0 aromatic heterocycles. The van der Waals surface area contributed by atoms with E-state index >= 15 is 0 Å². The highest BCUT2D eigenvalue weighted by Crippen LogP contribution is 2.11. The Balaban J connectivity index is 2.27. The summed E-state index contributed by atoms with van der Waals surface area (Å²) in [6.45, 7) is 3.75. The van der Waals surface area contributed by atoms with Gasteiger partial charge < -0.3 is 10.1 Å². The fourth-order valence-corrected chi connectivity index (χ4v) is 3.17. The van der Waals surface area contributed by atoms with Crippen LogP contribution in [0, 0.1) is 0 Å². The lowest BCUT2D eigenvalue weighted by atomic mass is 10.1. The monoisotopic (exact) mass is 403 g/mol. The minimum atomic E-state index is -0.915. The van der Waals surface area contributed by atoms with E-state index in [1.807, 2.05) is 30.3 Å². The number of esters is 1. The quantitative estimate of drug-likeness (QED) is 0.307. The van der Waals surface area contributed by atoms with E-state index in [1.165, 1.54) is 45.4 Å². The molecule has 0 spiro atoms. The van der Waals surface area contributed by atoms with Crippen LogP contribution in [-0.4, -0.2) is 23.7 Å². The molecule has 1 N–H and O–H groups in total. The maximum absolute atomic E-state index is 12.3. The molecule has 1 aromatic rings. The summed E-state index contributed by atoms with van der Waals surface area (Å²) < 4.78 is 5.28. The highest BCUT2D eigenvalue weighted by molar-refractivity contribution is 5.89. The van der Waals surface area contributed by atoms with Crippen LogP contribution in [0.3, 0.4) is 0 Å². The van der Waals surface area contributed by atoms with E-state index in [9.17, 15) is 14.4 Å². The summed E-state index contributed by atoms with van der Waals surface area (Å²) >= 11 is 0. The van der Waals surface area contributed by atoms with Crippen LogP contribution in [0.2, 0.25) is 0 Å². The molecule has 0 saturated heterocycles. The van der Waals surface area contributed by atoms with E-state index in [1.54, 1.807) is 0 Å². The summed E-state index contributed by atoms with van der Waals surface area (Å²) in [5.74, 6) is -0.921. The third kappa shape index (κ3) is 12.8. The molecule has 5 nitrogen and oxygen atoms in total. The highest BCUT2D eigenvalue weighted by Gasteiger charge is 2.23. The number of carbonyl (C=O) groups is 3. The van der Waals surface area contributed by atoms with E-state index in [-0.39, 0.29) is 24.7 Å². The lowest BCUT2D eigenvalue weighted by molar-refractivity contribution is -0.150. The Labute approximate surface area is 175 Å². The van der Waals surface area contributed by atoms with Crippen molar-refractivity contribution in [1.29, 1.82) is 0 Å². The van der Waals surface area contributed by atoms with E-state index < -0.39 is 12.0 Å². The number of ether oxygens (including phenoxy) is 1. The van der Waals surface area contributed by atoms with Crippen molar-refractivity contribution in [3.63, 3.8) is 0 Å². The third-order valence-corrected chi connectivity index (χ3v) is 4.84. The number of hydrogen-bond acceptors (Lipinski definition) is 4. The van der Waals surface area contributed by atoms with Crippen LogP contribution in [0.1, 0.15) is 90.0 Å². The van der Waals surface area contributed by atoms with Gasteiger partial charge in [0.05, 0.1) is 0 Å². The first kappa shape index (κ1) is 24.9. The predicted octanol–water partition coefficient (Wildman–Crippen LogP) is 5.11. The molecule has 1 amide bonds. The zero-order valence-corrected chi connectivity index (χ0v) is 18.1. The standard InChI is InChI=1S/C24H37NO4/c1-3-4-5-6-7-8-9-10-14-17-23(27)25-22(18-20(2)26)24(28)29-19-21-15-12-11-13-16-21/h11-13,15-16,22H,3-10,14,17-19H2,1-2H3,(H,25,27)/t22-/m0/s1. The molecule has 0 bridgehead atoms. The maximum atomic E-state index is 12.3. The second kappa shape index (κ2) is 15.7. The number of ketones is 1. The molecule has 0 saturated carbocycles. The van der Waals surface area contributed by atoms with Gasteiger partial charge in [0.15, 0.2) is 0 Å². The fraction of sp³-hybridized carbons (Fsp3) is 0.625. The summed E-state index contributed by atoms with van der Waals surface area (Å²) in [6, 6.07) is 8.41. The second-order valence-electron chi connectivity index (χ2n) is 7.70. The molecule has 0 aliphatic rings. The van der Waals surface area contributed by atoms with Gasteiger partial charge in [-0.15, -0.1) is 0 Å². The van der Waals surface area contributed by atoms with Crippen molar-refractivity contribution >= 4 is 17.7 Å². The maximum Gasteiger partial charge on any atom is 0.329 e. The average Bonchev–Trinajstić information content (AvgIpc) is 2.70. The lowest BCUT2D eigenvalue weighted by Crippen LogP contribution is -2.42. The summed E-state index contributed by atoms with van der Waals surface area (Å²) in [5, 5.41) is 2.68. The van der Waals surface area contributed by atoms with Gasteiger partial charge in [-0.3, -0.25) is 9.59 Å². The smallest absolute Gasteiger partial charge is 0.329 e. The molecular weight excluding hydrogens is 366 g/mol. The first-order valence-corrected chi connectivity index (χ1v) is 11.0. The topological polar surface area (TPSA) is 72.5 Å². The Hall–Kier alpha value is -2.17. The Morgan fingerprint density at radius 2 is 1.48 bits per heavy atom. The molecule has 0 unspecified atom stereocenters. The van der Waals surface area contributed by atoms with Crippen LogP contribution in [0.15, 0.2) is 30.3 Å². The van der Waals surface area contributed by atoms with Crippen molar-refractivity contribution in [1.82, 2.24) is 5.32 Å². The number of unbranched alkanes of at least 4 members (excludes halogenated alkanes) is 8. The molecule has 0 fully saturated rings. The first-order chi connectivity index (χ1) is 14.0. The van der Waals surface area contributed by atoms with Crippen molar-refractivity contribution in [2.24, 2.45) is 0 Å². The lowest BCUT2D eigenvalue weighted by Gasteiger charge is -2.16. The molecule has 1 aromatic carbocycles. The predicted molar refractivity (Wildman–Crippen MR) is 115 cm³/mol. The van der Waals surface area contributed by atoms with Crippen LogP contribution in [-0.2, 0) is 25.7 Å². The van der Waals surface area contributed by atoms with E-state index in [4.69, 9.17) is 4.74 Å². The SMILES string of the molecule is CCCCCCCCCCCC(=O)N[C@@H](CC(C)=O)C(=O)OCc1ccccc1. The number of Topliss-reactive ketones (excluding diaryl/α,β-unsaturated/α-hetero) is 1. The summed E-state index contributed by atoms with van der Waals surface area (Å²) in [7, 11) is 0. The van der Waals surface area contributed by atoms with Crippen molar-refractivity contribution in [2.75, 3.05) is 0 Å². The molecule has 1 atom stereocenters. The summed E-state index contributed by atoms with van der Waals surface area (Å²) in [4.78, 5) is 36.0. The van der Waals surface area contributed by atoms with Crippen LogP contribution < -0.4 is 5.32 Å². The van der Waals surface area contributed by atoms with Crippen LogP contribution in [0.5, 0.6) is 0 Å². The highest BCUT2D eigenvalue weighted by atomic mass is 16.5. The Morgan fingerprint density at radius 1 is 0.897 bits per heavy atom. The molecule has 0 aliphatic heterocycles. The zero-order valence-electron chi connectivity index (χ0n) is 18.1. The van der Waals surface area contributed by atoms with Gasteiger partial charge in [-0.1, -0.05) is 88.6 Å². The molecule has 5 heteroatoms. The molecule has 0 radical (unpaired) electrons. The van der Waals surface area contributed by atoms with Crippen molar-refractivity contribution in [3.8, 4) is 0 Å². The first-order valence-electron chi connectivity index (χ1n) is 11.0. The largest absolute Gasteiger partial charge is 0.459 e. The number of amides is 1. The molecule has 0 aliphatic carbocycles. The summed E-state index contributed by atoms with van der Waals surface area (Å²) in [6.07, 6.45) is 10.9. The average molecular weight is 404 g/mol. The summed E-state index contributed by atoms with van der Waals surface area (Å²) in [5.41, 5.74) is 0.864. The number of hydrogen-bond donors (Lipinski definition) is 1.